The van der Waals surface area contributed by atoms with Crippen LogP contribution in [0.25, 0.3) is 0 Å². The van der Waals surface area contributed by atoms with Gasteiger partial charge in [0, 0.05) is 11.8 Å². The van der Waals surface area contributed by atoms with Gasteiger partial charge in [0.1, 0.15) is 11.5 Å². The Morgan fingerprint density at radius 2 is 2.19 bits per heavy atom. The molecule has 21 heavy (non-hydrogen) atoms. The summed E-state index contributed by atoms with van der Waals surface area (Å²) in [5.41, 5.74) is 0.858. The molecule has 0 aliphatic heterocycles. The first-order chi connectivity index (χ1) is 10.3. The number of ether oxygens (including phenoxy) is 1. The minimum atomic E-state index is -0.0914. The van der Waals surface area contributed by atoms with Crippen LogP contribution in [0.1, 0.15) is 19.1 Å². The van der Waals surface area contributed by atoms with Crippen LogP contribution in [0.4, 0.5) is 5.69 Å². The average Bonchev–Trinajstić information content (AvgIpc) is 3.03. The molecule has 2 aromatic rings. The number of furan rings is 1. The number of hydrogen-bond donors (Lipinski definition) is 2. The normalized spacial score (nSPS) is 10.1. The van der Waals surface area contributed by atoms with Gasteiger partial charge in [0.25, 0.3) is 0 Å². The van der Waals surface area contributed by atoms with Gasteiger partial charge in [0.2, 0.25) is 5.91 Å². The minimum absolute atomic E-state index is 0.0914. The molecule has 0 atom stereocenters. The number of nitrogens with one attached hydrogen (secondary N) is 2. The third kappa shape index (κ3) is 5.22. The van der Waals surface area contributed by atoms with Crippen molar-refractivity contribution in [2.24, 2.45) is 0 Å². The van der Waals surface area contributed by atoms with Crippen LogP contribution in [0.5, 0.6) is 5.75 Å². The van der Waals surface area contributed by atoms with Crippen LogP contribution in [0.15, 0.2) is 47.1 Å². The van der Waals surface area contributed by atoms with E-state index in [2.05, 4.69) is 17.6 Å². The van der Waals surface area contributed by atoms with Crippen LogP contribution in [0.2, 0.25) is 0 Å². The van der Waals surface area contributed by atoms with Gasteiger partial charge < -0.3 is 19.8 Å². The third-order valence-electron chi connectivity index (χ3n) is 2.80. The predicted molar refractivity (Wildman–Crippen MR) is 81.3 cm³/mol. The highest BCUT2D eigenvalue weighted by molar-refractivity contribution is 5.80. The van der Waals surface area contributed by atoms with Crippen LogP contribution in [-0.2, 0) is 11.3 Å². The summed E-state index contributed by atoms with van der Waals surface area (Å²) in [6.07, 6.45) is 2.55. The van der Waals surface area contributed by atoms with Gasteiger partial charge in [0.15, 0.2) is 0 Å². The fourth-order valence-electron chi connectivity index (χ4n) is 1.76. The molecule has 5 heteroatoms. The van der Waals surface area contributed by atoms with Gasteiger partial charge in [-0.25, -0.2) is 0 Å². The fourth-order valence-corrected chi connectivity index (χ4v) is 1.76. The first kappa shape index (κ1) is 15.0. The molecular weight excluding hydrogens is 268 g/mol. The topological polar surface area (TPSA) is 63.5 Å². The Kier molecular flexibility index (Phi) is 5.70. The van der Waals surface area contributed by atoms with Crippen molar-refractivity contribution < 1.29 is 13.9 Å². The summed E-state index contributed by atoms with van der Waals surface area (Å²) in [6.45, 7) is 3.35. The standard InChI is InChI=1S/C16H20N2O3/c1-2-8-20-14-6-3-5-13(10-14)17-12-16(19)18-11-15-7-4-9-21-15/h3-7,9-10,17H,2,8,11-12H2,1H3,(H,18,19). The molecule has 0 radical (unpaired) electrons. The number of anilines is 1. The van der Waals surface area contributed by atoms with Crippen molar-refractivity contribution >= 4 is 11.6 Å². The molecule has 112 valence electrons. The largest absolute Gasteiger partial charge is 0.494 e. The molecule has 1 aromatic heterocycles. The maximum absolute atomic E-state index is 11.7. The van der Waals surface area contributed by atoms with Crippen molar-refractivity contribution in [3.8, 4) is 5.75 Å². The van der Waals surface area contributed by atoms with Gasteiger partial charge in [-0.2, -0.15) is 0 Å². The van der Waals surface area contributed by atoms with Crippen LogP contribution in [0.3, 0.4) is 0 Å². The SMILES string of the molecule is CCCOc1cccc(NCC(=O)NCc2ccco2)c1. The van der Waals surface area contributed by atoms with E-state index in [4.69, 9.17) is 9.15 Å². The second-order valence-corrected chi connectivity index (χ2v) is 4.59. The van der Waals surface area contributed by atoms with E-state index in [1.165, 1.54) is 0 Å². The molecule has 0 spiro atoms. The van der Waals surface area contributed by atoms with Crippen LogP contribution < -0.4 is 15.4 Å². The Bertz CT molecular complexity index is 552. The lowest BCUT2D eigenvalue weighted by Gasteiger charge is -2.09. The number of hydrogen-bond acceptors (Lipinski definition) is 4. The molecule has 1 aromatic carbocycles. The number of carbonyl (C=O) groups is 1. The molecule has 2 N–H and O–H groups in total. The Morgan fingerprint density at radius 1 is 1.29 bits per heavy atom. The van der Waals surface area contributed by atoms with Crippen molar-refractivity contribution in [1.29, 1.82) is 0 Å². The summed E-state index contributed by atoms with van der Waals surface area (Å²) >= 11 is 0. The molecular formula is C16H20N2O3. The molecule has 0 saturated heterocycles. The summed E-state index contributed by atoms with van der Waals surface area (Å²) in [6, 6.07) is 11.2. The molecule has 0 aliphatic rings. The Hall–Kier alpha value is -2.43. The summed E-state index contributed by atoms with van der Waals surface area (Å²) in [7, 11) is 0. The van der Waals surface area contributed by atoms with E-state index in [1.807, 2.05) is 30.3 Å². The van der Waals surface area contributed by atoms with Crippen molar-refractivity contribution in [2.45, 2.75) is 19.9 Å². The van der Waals surface area contributed by atoms with Crippen molar-refractivity contribution in [2.75, 3.05) is 18.5 Å². The Labute approximate surface area is 124 Å². The van der Waals surface area contributed by atoms with E-state index < -0.39 is 0 Å². The molecule has 1 amide bonds. The molecule has 0 aliphatic carbocycles. The summed E-state index contributed by atoms with van der Waals surface area (Å²) < 4.78 is 10.7. The zero-order valence-corrected chi connectivity index (χ0v) is 12.1. The highest BCUT2D eigenvalue weighted by Gasteiger charge is 2.03. The smallest absolute Gasteiger partial charge is 0.239 e. The summed E-state index contributed by atoms with van der Waals surface area (Å²) in [4.78, 5) is 11.7. The molecule has 0 bridgehead atoms. The first-order valence-electron chi connectivity index (χ1n) is 7.03. The van der Waals surface area contributed by atoms with E-state index in [0.29, 0.717) is 13.2 Å². The maximum Gasteiger partial charge on any atom is 0.239 e. The summed E-state index contributed by atoms with van der Waals surface area (Å²) in [5, 5.41) is 5.85. The predicted octanol–water partition coefficient (Wildman–Crippen LogP) is 2.80. The number of benzene rings is 1. The summed E-state index contributed by atoms with van der Waals surface area (Å²) in [5.74, 6) is 1.45. The zero-order valence-electron chi connectivity index (χ0n) is 12.1. The van der Waals surface area contributed by atoms with Gasteiger partial charge in [0.05, 0.1) is 26.0 Å². The lowest BCUT2D eigenvalue weighted by atomic mass is 10.3. The third-order valence-corrected chi connectivity index (χ3v) is 2.80. The van der Waals surface area contributed by atoms with E-state index in [0.717, 1.165) is 23.6 Å². The Balaban J connectivity index is 1.75. The number of amides is 1. The fraction of sp³-hybridized carbons (Fsp3) is 0.312. The second kappa shape index (κ2) is 7.99. The maximum atomic E-state index is 11.7. The minimum Gasteiger partial charge on any atom is -0.494 e. The van der Waals surface area contributed by atoms with Crippen LogP contribution in [-0.4, -0.2) is 19.1 Å². The molecule has 0 saturated carbocycles. The second-order valence-electron chi connectivity index (χ2n) is 4.59. The van der Waals surface area contributed by atoms with E-state index in [9.17, 15) is 4.79 Å². The van der Waals surface area contributed by atoms with Gasteiger partial charge in [-0.15, -0.1) is 0 Å². The van der Waals surface area contributed by atoms with Crippen molar-refractivity contribution in [1.82, 2.24) is 5.32 Å². The highest BCUT2D eigenvalue weighted by Crippen LogP contribution is 2.17. The average molecular weight is 288 g/mol. The van der Waals surface area contributed by atoms with Crippen molar-refractivity contribution in [3.63, 3.8) is 0 Å². The first-order valence-corrected chi connectivity index (χ1v) is 7.03. The van der Waals surface area contributed by atoms with Gasteiger partial charge >= 0.3 is 0 Å². The van der Waals surface area contributed by atoms with E-state index in [-0.39, 0.29) is 12.5 Å². The van der Waals surface area contributed by atoms with E-state index >= 15 is 0 Å². The quantitative estimate of drug-likeness (QED) is 0.784. The van der Waals surface area contributed by atoms with Crippen LogP contribution in [0, 0.1) is 0 Å². The van der Waals surface area contributed by atoms with E-state index in [1.54, 1.807) is 12.3 Å². The van der Waals surface area contributed by atoms with Crippen molar-refractivity contribution in [3.05, 3.63) is 48.4 Å². The van der Waals surface area contributed by atoms with Gasteiger partial charge in [-0.05, 0) is 30.7 Å². The Morgan fingerprint density at radius 3 is 2.95 bits per heavy atom. The molecule has 2 rings (SSSR count). The molecule has 5 nitrogen and oxygen atoms in total. The highest BCUT2D eigenvalue weighted by atomic mass is 16.5. The van der Waals surface area contributed by atoms with Gasteiger partial charge in [-0.1, -0.05) is 13.0 Å². The number of rotatable bonds is 8. The number of carbonyl (C=O) groups excluding carboxylic acids is 1. The zero-order chi connectivity index (χ0) is 14.9. The monoisotopic (exact) mass is 288 g/mol. The molecule has 0 unspecified atom stereocenters. The molecule has 0 fully saturated rings. The molecule has 1 heterocycles. The van der Waals surface area contributed by atoms with Crippen LogP contribution >= 0.6 is 0 Å². The lowest BCUT2D eigenvalue weighted by molar-refractivity contribution is -0.119. The lowest BCUT2D eigenvalue weighted by Crippen LogP contribution is -2.29. The van der Waals surface area contributed by atoms with Gasteiger partial charge in [-0.3, -0.25) is 4.79 Å².